The van der Waals surface area contributed by atoms with E-state index in [-0.39, 0.29) is 34.2 Å². The Bertz CT molecular complexity index is 940. The second-order valence-corrected chi connectivity index (χ2v) is 6.02. The monoisotopic (exact) mass is 365 g/mol. The Morgan fingerprint density at radius 3 is 2.08 bits per heavy atom. The zero-order valence-electron chi connectivity index (χ0n) is 13.8. The number of nitrogens with two attached hydrogens (primary N) is 1. The number of esters is 1. The highest BCUT2D eigenvalue weighted by Crippen LogP contribution is 2.29. The first kappa shape index (κ1) is 17.7. The lowest BCUT2D eigenvalue weighted by atomic mass is 10.00. The van der Waals surface area contributed by atoms with Gasteiger partial charge in [-0.05, 0) is 17.7 Å². The van der Waals surface area contributed by atoms with Gasteiger partial charge in [0.25, 0.3) is 0 Å². The number of hydrogen-bond donors (Lipinski definition) is 1. The number of carbonyl (C=O) groups excluding carboxylic acids is 2. The minimum atomic E-state index is -0.593. The molecule has 0 unspecified atom stereocenters. The largest absolute Gasteiger partial charge is 0.457 e. The Morgan fingerprint density at radius 1 is 0.846 bits per heavy atom. The fourth-order valence-corrected chi connectivity index (χ4v) is 2.74. The van der Waals surface area contributed by atoms with E-state index in [0.29, 0.717) is 5.56 Å². The van der Waals surface area contributed by atoms with E-state index in [9.17, 15) is 9.59 Å². The van der Waals surface area contributed by atoms with Gasteiger partial charge in [-0.2, -0.15) is 0 Å². The van der Waals surface area contributed by atoms with Crippen LogP contribution in [0, 0.1) is 0 Å². The van der Waals surface area contributed by atoms with E-state index in [2.05, 4.69) is 0 Å². The molecular weight excluding hydrogens is 350 g/mol. The van der Waals surface area contributed by atoms with Crippen molar-refractivity contribution in [2.75, 3.05) is 5.73 Å². The predicted octanol–water partition coefficient (Wildman–Crippen LogP) is 4.51. The summed E-state index contributed by atoms with van der Waals surface area (Å²) in [7, 11) is 0. The second kappa shape index (κ2) is 7.85. The fourth-order valence-electron chi connectivity index (χ4n) is 2.49. The summed E-state index contributed by atoms with van der Waals surface area (Å²) in [6, 6.07) is 21.0. The van der Waals surface area contributed by atoms with Crippen molar-refractivity contribution in [1.29, 1.82) is 0 Å². The van der Waals surface area contributed by atoms with Crippen LogP contribution in [0.5, 0.6) is 0 Å². The molecule has 4 nitrogen and oxygen atoms in total. The Balaban J connectivity index is 1.81. The number of anilines is 1. The maximum atomic E-state index is 12.6. The molecule has 3 rings (SSSR count). The summed E-state index contributed by atoms with van der Waals surface area (Å²) >= 11 is 6.23. The molecule has 3 aromatic carbocycles. The lowest BCUT2D eigenvalue weighted by molar-refractivity contribution is 0.0472. The van der Waals surface area contributed by atoms with Crippen LogP contribution in [-0.2, 0) is 11.3 Å². The lowest BCUT2D eigenvalue weighted by Gasteiger charge is -2.11. The molecule has 26 heavy (non-hydrogen) atoms. The molecular formula is C21H16ClNO3. The molecule has 0 amide bonds. The van der Waals surface area contributed by atoms with Gasteiger partial charge in [0.1, 0.15) is 6.61 Å². The van der Waals surface area contributed by atoms with E-state index >= 15 is 0 Å². The topological polar surface area (TPSA) is 69.4 Å². The van der Waals surface area contributed by atoms with Crippen molar-refractivity contribution in [3.05, 3.63) is 100 Å². The highest BCUT2D eigenvalue weighted by molar-refractivity contribution is 6.37. The molecule has 0 fully saturated rings. The summed E-state index contributed by atoms with van der Waals surface area (Å²) in [5.41, 5.74) is 7.81. The molecule has 0 aliphatic rings. The van der Waals surface area contributed by atoms with Crippen LogP contribution in [0.4, 0.5) is 5.69 Å². The van der Waals surface area contributed by atoms with E-state index in [0.717, 1.165) is 5.56 Å². The summed E-state index contributed by atoms with van der Waals surface area (Å²) in [4.78, 5) is 24.9. The lowest BCUT2D eigenvalue weighted by Crippen LogP contribution is -2.11. The van der Waals surface area contributed by atoms with E-state index in [1.165, 1.54) is 12.1 Å². The number of ether oxygens (including phenoxy) is 1. The number of ketones is 1. The average Bonchev–Trinajstić information content (AvgIpc) is 2.69. The smallest absolute Gasteiger partial charge is 0.340 e. The van der Waals surface area contributed by atoms with Gasteiger partial charge < -0.3 is 10.5 Å². The number of nitrogen functional groups attached to an aromatic ring is 1. The molecule has 0 radical (unpaired) electrons. The van der Waals surface area contributed by atoms with Crippen molar-refractivity contribution in [1.82, 2.24) is 0 Å². The van der Waals surface area contributed by atoms with Crippen LogP contribution in [0.3, 0.4) is 0 Å². The fraction of sp³-hybridized carbons (Fsp3) is 0.0476. The van der Waals surface area contributed by atoms with Crippen LogP contribution < -0.4 is 5.73 Å². The normalized spacial score (nSPS) is 10.3. The van der Waals surface area contributed by atoms with Crippen LogP contribution in [0.15, 0.2) is 72.8 Å². The molecule has 0 saturated heterocycles. The first-order chi connectivity index (χ1) is 12.6. The third kappa shape index (κ3) is 3.76. The van der Waals surface area contributed by atoms with Crippen LogP contribution in [0.2, 0.25) is 5.02 Å². The molecule has 0 bridgehead atoms. The van der Waals surface area contributed by atoms with Crippen LogP contribution >= 0.6 is 11.6 Å². The van der Waals surface area contributed by atoms with Gasteiger partial charge in [-0.3, -0.25) is 4.79 Å². The number of rotatable bonds is 5. The molecule has 0 aliphatic heterocycles. The van der Waals surface area contributed by atoms with E-state index in [1.807, 2.05) is 36.4 Å². The van der Waals surface area contributed by atoms with Gasteiger partial charge in [-0.25, -0.2) is 4.79 Å². The summed E-state index contributed by atoms with van der Waals surface area (Å²) in [5.74, 6) is -0.849. The first-order valence-corrected chi connectivity index (χ1v) is 8.34. The number of hydrogen-bond acceptors (Lipinski definition) is 4. The van der Waals surface area contributed by atoms with Crippen molar-refractivity contribution in [3.8, 4) is 0 Å². The quantitative estimate of drug-likeness (QED) is 0.410. The second-order valence-electron chi connectivity index (χ2n) is 5.65. The zero-order chi connectivity index (χ0) is 18.5. The van der Waals surface area contributed by atoms with Crippen molar-refractivity contribution in [3.63, 3.8) is 0 Å². The Labute approximate surface area is 156 Å². The first-order valence-electron chi connectivity index (χ1n) is 7.96. The Kier molecular flexibility index (Phi) is 5.34. The minimum Gasteiger partial charge on any atom is -0.457 e. The zero-order valence-corrected chi connectivity index (χ0v) is 14.6. The highest BCUT2D eigenvalue weighted by Gasteiger charge is 2.20. The van der Waals surface area contributed by atoms with Crippen molar-refractivity contribution < 1.29 is 14.3 Å². The molecule has 0 aromatic heterocycles. The maximum absolute atomic E-state index is 12.6. The summed E-state index contributed by atoms with van der Waals surface area (Å²) < 4.78 is 5.27. The molecule has 5 heteroatoms. The maximum Gasteiger partial charge on any atom is 0.340 e. The molecule has 3 aromatic rings. The highest BCUT2D eigenvalue weighted by atomic mass is 35.5. The van der Waals surface area contributed by atoms with E-state index < -0.39 is 5.97 Å². The number of halogens is 1. The van der Waals surface area contributed by atoms with Crippen LogP contribution in [-0.4, -0.2) is 11.8 Å². The molecule has 0 atom stereocenters. The molecule has 0 spiro atoms. The van der Waals surface area contributed by atoms with Gasteiger partial charge >= 0.3 is 5.97 Å². The summed E-state index contributed by atoms with van der Waals surface area (Å²) in [6.45, 7) is 0.126. The van der Waals surface area contributed by atoms with Gasteiger partial charge in [0.2, 0.25) is 0 Å². The van der Waals surface area contributed by atoms with Crippen molar-refractivity contribution in [2.24, 2.45) is 0 Å². The average molecular weight is 366 g/mol. The number of benzene rings is 3. The molecule has 2 N–H and O–H groups in total. The Morgan fingerprint density at radius 2 is 1.42 bits per heavy atom. The molecule has 0 aliphatic carbocycles. The molecule has 0 saturated carbocycles. The summed E-state index contributed by atoms with van der Waals surface area (Å²) in [5, 5.41) is 0.0184. The van der Waals surface area contributed by atoms with Crippen LogP contribution in [0.1, 0.15) is 31.8 Å². The standard InChI is InChI=1S/C21H16ClNO3/c22-18-16(21(25)26-13-14-7-3-1-4-8-14)11-12-17(19(18)23)20(24)15-9-5-2-6-10-15/h1-12H,13,23H2. The van der Waals surface area contributed by atoms with Gasteiger partial charge in [0.15, 0.2) is 5.78 Å². The van der Waals surface area contributed by atoms with Crippen molar-refractivity contribution in [2.45, 2.75) is 6.61 Å². The SMILES string of the molecule is Nc1c(C(=O)c2ccccc2)ccc(C(=O)OCc2ccccc2)c1Cl. The minimum absolute atomic E-state index is 0.0184. The van der Waals surface area contributed by atoms with Gasteiger partial charge in [-0.15, -0.1) is 0 Å². The third-order valence-corrected chi connectivity index (χ3v) is 4.30. The van der Waals surface area contributed by atoms with Gasteiger partial charge in [0.05, 0.1) is 16.3 Å². The predicted molar refractivity (Wildman–Crippen MR) is 101 cm³/mol. The van der Waals surface area contributed by atoms with E-state index in [4.69, 9.17) is 22.1 Å². The van der Waals surface area contributed by atoms with Gasteiger partial charge in [0, 0.05) is 11.1 Å². The summed E-state index contributed by atoms with van der Waals surface area (Å²) in [6.07, 6.45) is 0. The van der Waals surface area contributed by atoms with Gasteiger partial charge in [-0.1, -0.05) is 72.3 Å². The Hall–Kier alpha value is -3.11. The van der Waals surface area contributed by atoms with Crippen LogP contribution in [0.25, 0.3) is 0 Å². The molecule has 0 heterocycles. The third-order valence-electron chi connectivity index (χ3n) is 3.89. The number of carbonyl (C=O) groups is 2. The van der Waals surface area contributed by atoms with E-state index in [1.54, 1.807) is 24.3 Å². The molecule has 130 valence electrons. The van der Waals surface area contributed by atoms with Crippen molar-refractivity contribution >= 4 is 29.0 Å².